The molecule has 3 nitrogen and oxygen atoms in total. The summed E-state index contributed by atoms with van der Waals surface area (Å²) in [5.74, 6) is -0.500. The number of aliphatic hydroxyl groups is 1. The molecule has 122 valence electrons. The quantitative estimate of drug-likeness (QED) is 0.866. The van der Waals surface area contributed by atoms with E-state index in [-0.39, 0.29) is 17.4 Å². The van der Waals surface area contributed by atoms with E-state index in [2.05, 4.69) is 4.74 Å². The van der Waals surface area contributed by atoms with E-state index in [1.807, 2.05) is 0 Å². The Bertz CT molecular complexity index is 475. The van der Waals surface area contributed by atoms with Crippen molar-refractivity contribution in [1.82, 2.24) is 0 Å². The SMILES string of the molecule is CC(C)(C)[C@H](O)[C@H](N)c1ccc(OC(F)(F)F)c(Cl)c1.Cl. The molecule has 0 saturated carbocycles. The summed E-state index contributed by atoms with van der Waals surface area (Å²) >= 11 is 5.74. The van der Waals surface area contributed by atoms with Gasteiger partial charge in [-0.3, -0.25) is 0 Å². The van der Waals surface area contributed by atoms with Crippen molar-refractivity contribution in [2.24, 2.45) is 11.1 Å². The summed E-state index contributed by atoms with van der Waals surface area (Å²) in [5, 5.41) is 9.86. The molecule has 1 aromatic rings. The number of aliphatic hydroxyl groups excluding tert-OH is 1. The van der Waals surface area contributed by atoms with Gasteiger partial charge in [0, 0.05) is 0 Å². The molecule has 1 aromatic carbocycles. The van der Waals surface area contributed by atoms with E-state index in [9.17, 15) is 18.3 Å². The van der Waals surface area contributed by atoms with E-state index in [0.29, 0.717) is 5.56 Å². The van der Waals surface area contributed by atoms with Gasteiger partial charge >= 0.3 is 6.36 Å². The van der Waals surface area contributed by atoms with Crippen molar-refractivity contribution in [2.75, 3.05) is 0 Å². The monoisotopic (exact) mass is 347 g/mol. The first kappa shape index (κ1) is 20.3. The largest absolute Gasteiger partial charge is 0.573 e. The van der Waals surface area contributed by atoms with Crippen LogP contribution in [0.5, 0.6) is 5.75 Å². The molecule has 0 aliphatic heterocycles. The van der Waals surface area contributed by atoms with Gasteiger partial charge in [0.05, 0.1) is 17.2 Å². The maximum atomic E-state index is 12.1. The number of halogens is 5. The van der Waals surface area contributed by atoms with E-state index in [1.165, 1.54) is 12.1 Å². The second kappa shape index (κ2) is 7.05. The van der Waals surface area contributed by atoms with Crippen molar-refractivity contribution in [1.29, 1.82) is 0 Å². The van der Waals surface area contributed by atoms with E-state index < -0.39 is 29.7 Å². The van der Waals surface area contributed by atoms with Gasteiger partial charge in [-0.1, -0.05) is 38.4 Å². The van der Waals surface area contributed by atoms with Crippen LogP contribution in [-0.2, 0) is 0 Å². The van der Waals surface area contributed by atoms with Crippen molar-refractivity contribution >= 4 is 24.0 Å². The first-order valence-electron chi connectivity index (χ1n) is 5.90. The molecule has 0 heterocycles. The molecule has 2 atom stereocenters. The molecule has 8 heteroatoms. The van der Waals surface area contributed by atoms with Crippen LogP contribution in [0.15, 0.2) is 18.2 Å². The summed E-state index contributed by atoms with van der Waals surface area (Å²) in [6.45, 7) is 5.42. The van der Waals surface area contributed by atoms with E-state index in [1.54, 1.807) is 20.8 Å². The molecule has 21 heavy (non-hydrogen) atoms. The van der Waals surface area contributed by atoms with Gasteiger partial charge in [-0.25, -0.2) is 0 Å². The third-order valence-electron chi connectivity index (χ3n) is 2.79. The Morgan fingerprint density at radius 1 is 1.24 bits per heavy atom. The van der Waals surface area contributed by atoms with Crippen LogP contribution in [-0.4, -0.2) is 17.6 Å². The number of benzene rings is 1. The molecule has 1 rings (SSSR count). The number of ether oxygens (including phenoxy) is 1. The second-order valence-electron chi connectivity index (χ2n) is 5.57. The molecule has 0 radical (unpaired) electrons. The lowest BCUT2D eigenvalue weighted by molar-refractivity contribution is -0.274. The molecule has 0 bridgehead atoms. The minimum atomic E-state index is -4.81. The van der Waals surface area contributed by atoms with E-state index >= 15 is 0 Å². The first-order chi connectivity index (χ1) is 8.92. The van der Waals surface area contributed by atoms with Crippen LogP contribution in [0.1, 0.15) is 32.4 Å². The zero-order valence-electron chi connectivity index (χ0n) is 11.7. The molecule has 0 aromatic heterocycles. The van der Waals surface area contributed by atoms with Crippen molar-refractivity contribution in [3.8, 4) is 5.75 Å². The molecular weight excluding hydrogens is 330 g/mol. The van der Waals surface area contributed by atoms with Crippen LogP contribution in [0.4, 0.5) is 13.2 Å². The normalized spacial score (nSPS) is 15.1. The van der Waals surface area contributed by atoms with Crippen LogP contribution >= 0.6 is 24.0 Å². The van der Waals surface area contributed by atoms with Crippen LogP contribution < -0.4 is 10.5 Å². The predicted molar refractivity (Wildman–Crippen MR) is 77.8 cm³/mol. The topological polar surface area (TPSA) is 55.5 Å². The highest BCUT2D eigenvalue weighted by atomic mass is 35.5. The number of rotatable bonds is 3. The predicted octanol–water partition coefficient (Wildman–Crippen LogP) is 4.07. The summed E-state index contributed by atoms with van der Waals surface area (Å²) in [6.07, 6.45) is -5.67. The zero-order valence-corrected chi connectivity index (χ0v) is 13.3. The van der Waals surface area contributed by atoms with Gasteiger partial charge < -0.3 is 15.6 Å². The highest BCUT2D eigenvalue weighted by molar-refractivity contribution is 6.32. The first-order valence-corrected chi connectivity index (χ1v) is 6.28. The van der Waals surface area contributed by atoms with Gasteiger partial charge in [0.1, 0.15) is 5.75 Å². The molecule has 0 spiro atoms. The lowest BCUT2D eigenvalue weighted by Crippen LogP contribution is -2.36. The minimum Gasteiger partial charge on any atom is -0.404 e. The Balaban J connectivity index is 0.00000400. The third kappa shape index (κ3) is 5.90. The Labute approximate surface area is 132 Å². The highest BCUT2D eigenvalue weighted by Crippen LogP contribution is 2.34. The van der Waals surface area contributed by atoms with Crippen molar-refractivity contribution in [2.45, 2.75) is 39.3 Å². The van der Waals surface area contributed by atoms with Gasteiger partial charge in [0.15, 0.2) is 0 Å². The standard InChI is InChI=1S/C13H17ClF3NO2.ClH/c1-12(2,3)11(19)10(18)7-4-5-9(8(14)6-7)20-13(15,16)17;/h4-6,10-11,19H,18H2,1-3H3;1H/t10-,11-;/m1./s1. The third-order valence-corrected chi connectivity index (χ3v) is 3.09. The Morgan fingerprint density at radius 2 is 1.76 bits per heavy atom. The van der Waals surface area contributed by atoms with Crippen LogP contribution in [0.3, 0.4) is 0 Å². The number of hydrogen-bond acceptors (Lipinski definition) is 3. The van der Waals surface area contributed by atoms with Crippen LogP contribution in [0, 0.1) is 5.41 Å². The maximum absolute atomic E-state index is 12.1. The average Bonchev–Trinajstić information content (AvgIpc) is 2.27. The van der Waals surface area contributed by atoms with E-state index in [0.717, 1.165) is 6.07 Å². The Hall–Kier alpha value is -0.690. The van der Waals surface area contributed by atoms with Crippen molar-refractivity contribution in [3.63, 3.8) is 0 Å². The molecule has 3 N–H and O–H groups in total. The molecule has 0 fully saturated rings. The number of nitrogens with two attached hydrogens (primary N) is 1. The van der Waals surface area contributed by atoms with Gasteiger partial charge in [-0.2, -0.15) is 0 Å². The lowest BCUT2D eigenvalue weighted by atomic mass is 9.82. The second-order valence-corrected chi connectivity index (χ2v) is 5.98. The smallest absolute Gasteiger partial charge is 0.404 e. The summed E-state index contributed by atoms with van der Waals surface area (Å²) in [4.78, 5) is 0. The fourth-order valence-corrected chi connectivity index (χ4v) is 1.88. The fraction of sp³-hybridized carbons (Fsp3) is 0.538. The molecule has 0 aliphatic carbocycles. The molecule has 0 saturated heterocycles. The van der Waals surface area contributed by atoms with Gasteiger partial charge in [0.2, 0.25) is 0 Å². The van der Waals surface area contributed by atoms with Crippen molar-refractivity contribution < 1.29 is 23.0 Å². The highest BCUT2D eigenvalue weighted by Gasteiger charge is 2.33. The average molecular weight is 348 g/mol. The summed E-state index contributed by atoms with van der Waals surface area (Å²) in [5.41, 5.74) is 5.87. The van der Waals surface area contributed by atoms with Gasteiger partial charge in [-0.15, -0.1) is 25.6 Å². The zero-order chi connectivity index (χ0) is 15.7. The van der Waals surface area contributed by atoms with Crippen molar-refractivity contribution in [3.05, 3.63) is 28.8 Å². The summed E-state index contributed by atoms with van der Waals surface area (Å²) in [6, 6.07) is 2.95. The number of hydrogen-bond donors (Lipinski definition) is 2. The van der Waals surface area contributed by atoms with Gasteiger partial charge in [-0.05, 0) is 23.1 Å². The maximum Gasteiger partial charge on any atom is 0.573 e. The van der Waals surface area contributed by atoms with Gasteiger partial charge in [0.25, 0.3) is 0 Å². The molecule has 0 amide bonds. The minimum absolute atomic E-state index is 0. The fourth-order valence-electron chi connectivity index (χ4n) is 1.65. The molecule has 0 aliphatic rings. The molecule has 0 unspecified atom stereocenters. The van der Waals surface area contributed by atoms with E-state index in [4.69, 9.17) is 17.3 Å². The Morgan fingerprint density at radius 3 is 2.14 bits per heavy atom. The summed E-state index contributed by atoms with van der Waals surface area (Å²) < 4.78 is 40.1. The Kier molecular flexibility index (Phi) is 6.82. The summed E-state index contributed by atoms with van der Waals surface area (Å²) in [7, 11) is 0. The lowest BCUT2D eigenvalue weighted by Gasteiger charge is -2.31. The molecular formula is C13H18Cl2F3NO2. The number of alkyl halides is 3. The van der Waals surface area contributed by atoms with Crippen LogP contribution in [0.25, 0.3) is 0 Å². The van der Waals surface area contributed by atoms with Crippen LogP contribution in [0.2, 0.25) is 5.02 Å².